The zero-order chi connectivity index (χ0) is 18.5. The number of halogens is 1. The van der Waals surface area contributed by atoms with E-state index in [2.05, 4.69) is 20.6 Å². The Bertz CT molecular complexity index is 921. The largest absolute Gasteiger partial charge is 0.458 e. The predicted molar refractivity (Wildman–Crippen MR) is 107 cm³/mol. The van der Waals surface area contributed by atoms with E-state index in [1.165, 1.54) is 29.6 Å². The van der Waals surface area contributed by atoms with Crippen LogP contribution in [0.15, 0.2) is 27.3 Å². The van der Waals surface area contributed by atoms with Crippen LogP contribution in [0.3, 0.4) is 0 Å². The Balaban J connectivity index is 0.00000261. The summed E-state index contributed by atoms with van der Waals surface area (Å²) >= 11 is 2.71. The number of nitrogens with one attached hydrogen (secondary N) is 2. The van der Waals surface area contributed by atoms with E-state index in [1.807, 2.05) is 0 Å². The molecule has 0 saturated heterocycles. The van der Waals surface area contributed by atoms with Gasteiger partial charge < -0.3 is 15.5 Å². The molecule has 11 heteroatoms. The van der Waals surface area contributed by atoms with Gasteiger partial charge in [0.1, 0.15) is 17.1 Å². The van der Waals surface area contributed by atoms with Crippen LogP contribution >= 0.6 is 35.1 Å². The third-order valence-corrected chi connectivity index (χ3v) is 4.96. The Morgan fingerprint density at radius 2 is 2.04 bits per heavy atom. The number of thiazole rings is 2. The van der Waals surface area contributed by atoms with Gasteiger partial charge in [0.15, 0.2) is 10.9 Å². The van der Waals surface area contributed by atoms with Crippen molar-refractivity contribution in [1.29, 1.82) is 0 Å². The zero-order valence-electron chi connectivity index (χ0n) is 14.4. The first-order valence-electron chi connectivity index (χ1n) is 7.80. The Kier molecular flexibility index (Phi) is 7.48. The number of carbonyl (C=O) groups is 2. The molecule has 3 aromatic rings. The molecule has 0 bridgehead atoms. The molecule has 3 aromatic heterocycles. The minimum Gasteiger partial charge on any atom is -0.458 e. The third kappa shape index (κ3) is 5.60. The number of anilines is 1. The zero-order valence-corrected chi connectivity index (χ0v) is 16.8. The van der Waals surface area contributed by atoms with Crippen molar-refractivity contribution in [3.05, 3.63) is 39.4 Å². The monoisotopic (exact) mass is 427 g/mol. The fourth-order valence-electron chi connectivity index (χ4n) is 2.08. The van der Waals surface area contributed by atoms with Gasteiger partial charge in [0.25, 0.3) is 5.91 Å². The first kappa shape index (κ1) is 21.0. The van der Waals surface area contributed by atoms with E-state index in [0.717, 1.165) is 5.01 Å². The molecule has 4 N–H and O–H groups in total. The fraction of sp³-hybridized carbons (Fsp3) is 0.250. The predicted octanol–water partition coefficient (Wildman–Crippen LogP) is 2.67. The lowest BCUT2D eigenvalue weighted by Gasteiger charge is -1.98. The van der Waals surface area contributed by atoms with Crippen molar-refractivity contribution in [1.82, 2.24) is 15.3 Å². The van der Waals surface area contributed by atoms with Crippen LogP contribution in [0.5, 0.6) is 0 Å². The maximum atomic E-state index is 12.2. The number of hydrogen-bond acceptors (Lipinski definition) is 8. The minimum atomic E-state index is -0.309. The first-order valence-corrected chi connectivity index (χ1v) is 9.56. The molecule has 8 nitrogen and oxygen atoms in total. The molecular formula is C16H18ClN5O3S2. The van der Waals surface area contributed by atoms with Gasteiger partial charge in [-0.1, -0.05) is 0 Å². The number of rotatable bonds is 7. The van der Waals surface area contributed by atoms with E-state index < -0.39 is 0 Å². The van der Waals surface area contributed by atoms with Crippen LogP contribution in [0.1, 0.15) is 28.2 Å². The highest BCUT2D eigenvalue weighted by molar-refractivity contribution is 7.14. The average molecular weight is 428 g/mol. The molecule has 3 heterocycles. The first-order chi connectivity index (χ1) is 12.5. The summed E-state index contributed by atoms with van der Waals surface area (Å²) in [7, 11) is 0. The summed E-state index contributed by atoms with van der Waals surface area (Å²) in [5.74, 6) is 0.763. The molecular weight excluding hydrogens is 410 g/mol. The van der Waals surface area contributed by atoms with E-state index in [-0.39, 0.29) is 24.2 Å². The highest BCUT2D eigenvalue weighted by Gasteiger charge is 2.14. The molecule has 0 spiro atoms. The Morgan fingerprint density at radius 3 is 2.78 bits per heavy atom. The lowest BCUT2D eigenvalue weighted by Crippen LogP contribution is -2.18. The molecule has 0 saturated carbocycles. The van der Waals surface area contributed by atoms with Crippen molar-refractivity contribution >= 4 is 52.0 Å². The van der Waals surface area contributed by atoms with Crippen molar-refractivity contribution in [2.45, 2.75) is 19.9 Å². The molecule has 0 aliphatic heterocycles. The Morgan fingerprint density at radius 1 is 1.22 bits per heavy atom. The fourth-order valence-corrected chi connectivity index (χ4v) is 3.57. The quantitative estimate of drug-likeness (QED) is 0.532. The van der Waals surface area contributed by atoms with Crippen molar-refractivity contribution in [3.8, 4) is 11.5 Å². The Hall–Kier alpha value is -2.27. The van der Waals surface area contributed by atoms with Gasteiger partial charge in [-0.05, 0) is 18.7 Å². The number of furan rings is 1. The van der Waals surface area contributed by atoms with Crippen LogP contribution < -0.4 is 16.4 Å². The van der Waals surface area contributed by atoms with Gasteiger partial charge in [0.05, 0.1) is 11.6 Å². The molecule has 0 radical (unpaired) electrons. The standard InChI is InChI=1S/C16H17N5O3S2.ClH/c1-9(22)18-6-10-2-3-13(24-10)11-7-26-16(20-11)21-15(23)12-8-25-14(19-12)4-5-17;/h2-3,7-8H,4-6,17H2,1H3,(H,18,22)(H,20,21,23);1H. The normalized spacial score (nSPS) is 10.3. The lowest BCUT2D eigenvalue weighted by atomic mass is 10.3. The summed E-state index contributed by atoms with van der Waals surface area (Å²) in [6.45, 7) is 2.26. The van der Waals surface area contributed by atoms with Gasteiger partial charge in [0, 0.05) is 24.1 Å². The van der Waals surface area contributed by atoms with Crippen LogP contribution in [0.2, 0.25) is 0 Å². The SMILES string of the molecule is CC(=O)NCc1ccc(-c2csc(NC(=O)c3csc(CCN)n3)n2)o1.Cl. The van der Waals surface area contributed by atoms with Gasteiger partial charge in [-0.25, -0.2) is 9.97 Å². The van der Waals surface area contributed by atoms with Crippen molar-refractivity contribution < 1.29 is 14.0 Å². The van der Waals surface area contributed by atoms with E-state index in [4.69, 9.17) is 10.2 Å². The average Bonchev–Trinajstić information content (AvgIpc) is 3.33. The maximum Gasteiger partial charge on any atom is 0.276 e. The molecule has 0 aromatic carbocycles. The van der Waals surface area contributed by atoms with E-state index in [1.54, 1.807) is 22.9 Å². The summed E-state index contributed by atoms with van der Waals surface area (Å²) < 4.78 is 5.65. The van der Waals surface area contributed by atoms with Gasteiger partial charge in [-0.15, -0.1) is 35.1 Å². The second-order valence-corrected chi connectivity index (χ2v) is 7.13. The number of hydrogen-bond donors (Lipinski definition) is 3. The number of nitrogens with two attached hydrogens (primary N) is 1. The molecule has 0 unspecified atom stereocenters. The number of carbonyl (C=O) groups excluding carboxylic acids is 2. The number of aromatic nitrogens is 2. The summed E-state index contributed by atoms with van der Waals surface area (Å²) in [6, 6.07) is 3.55. The molecule has 3 rings (SSSR count). The minimum absolute atomic E-state index is 0. The summed E-state index contributed by atoms with van der Waals surface area (Å²) in [5, 5.41) is 10.2. The molecule has 0 aliphatic carbocycles. The van der Waals surface area contributed by atoms with Gasteiger partial charge >= 0.3 is 0 Å². The van der Waals surface area contributed by atoms with E-state index in [9.17, 15) is 9.59 Å². The second-order valence-electron chi connectivity index (χ2n) is 5.33. The van der Waals surface area contributed by atoms with Crippen LogP contribution in [-0.4, -0.2) is 28.3 Å². The summed E-state index contributed by atoms with van der Waals surface area (Å²) in [6.07, 6.45) is 0.651. The molecule has 2 amide bonds. The summed E-state index contributed by atoms with van der Waals surface area (Å²) in [5.41, 5.74) is 6.46. The molecule has 0 aliphatic rings. The molecule has 0 fully saturated rings. The third-order valence-electron chi connectivity index (χ3n) is 3.29. The number of amides is 2. The van der Waals surface area contributed by atoms with Gasteiger partial charge in [-0.2, -0.15) is 0 Å². The second kappa shape index (κ2) is 9.60. The van der Waals surface area contributed by atoms with Crippen LogP contribution in [-0.2, 0) is 17.8 Å². The van der Waals surface area contributed by atoms with Crippen LogP contribution in [0.4, 0.5) is 5.13 Å². The molecule has 144 valence electrons. The van der Waals surface area contributed by atoms with Gasteiger partial charge in [0.2, 0.25) is 5.91 Å². The molecule has 27 heavy (non-hydrogen) atoms. The van der Waals surface area contributed by atoms with Crippen molar-refractivity contribution in [2.75, 3.05) is 11.9 Å². The molecule has 0 atom stereocenters. The van der Waals surface area contributed by atoms with Crippen molar-refractivity contribution in [3.63, 3.8) is 0 Å². The number of nitrogens with zero attached hydrogens (tertiary/aromatic N) is 2. The van der Waals surface area contributed by atoms with Crippen LogP contribution in [0, 0.1) is 0 Å². The van der Waals surface area contributed by atoms with E-state index in [0.29, 0.717) is 47.6 Å². The summed E-state index contributed by atoms with van der Waals surface area (Å²) in [4.78, 5) is 31.8. The van der Waals surface area contributed by atoms with E-state index >= 15 is 0 Å². The van der Waals surface area contributed by atoms with Crippen molar-refractivity contribution in [2.24, 2.45) is 5.73 Å². The lowest BCUT2D eigenvalue weighted by molar-refractivity contribution is -0.119. The smallest absolute Gasteiger partial charge is 0.276 e. The maximum absolute atomic E-state index is 12.2. The highest BCUT2D eigenvalue weighted by atomic mass is 35.5. The van der Waals surface area contributed by atoms with Crippen LogP contribution in [0.25, 0.3) is 11.5 Å². The topological polar surface area (TPSA) is 123 Å². The Labute approximate surface area is 169 Å². The highest BCUT2D eigenvalue weighted by Crippen LogP contribution is 2.27. The van der Waals surface area contributed by atoms with Gasteiger partial charge in [-0.3, -0.25) is 14.9 Å².